The third kappa shape index (κ3) is 2.10. The summed E-state index contributed by atoms with van der Waals surface area (Å²) in [4.78, 5) is 23.2. The molecule has 1 rings (SSSR count). The van der Waals surface area contributed by atoms with E-state index in [1.807, 2.05) is 0 Å². The minimum Gasteiger partial charge on any atom is -0.266 e. The van der Waals surface area contributed by atoms with Crippen LogP contribution in [-0.4, -0.2) is 12.0 Å². The van der Waals surface area contributed by atoms with Crippen LogP contribution < -0.4 is 0 Å². The Morgan fingerprint density at radius 1 is 1.36 bits per heavy atom. The maximum Gasteiger partial charge on any atom is 0.293 e. The number of isocyanates is 1. The molecule has 0 radical (unpaired) electrons. The highest BCUT2D eigenvalue weighted by Gasteiger charge is 2.17. The Labute approximate surface area is 85.6 Å². The lowest BCUT2D eigenvalue weighted by molar-refractivity contribution is 0.0995. The van der Waals surface area contributed by atoms with Gasteiger partial charge in [0.15, 0.2) is 0 Å². The van der Waals surface area contributed by atoms with E-state index in [1.165, 1.54) is 0 Å². The number of carbonyl (C=O) groups is 1. The molecule has 0 atom stereocenters. The van der Waals surface area contributed by atoms with E-state index >= 15 is 0 Å². The number of carbonyl (C=O) groups excluding carboxylic acids is 2. The molecule has 3 nitrogen and oxygen atoms in total. The Hall–Kier alpha value is -1.39. The zero-order valence-corrected chi connectivity index (χ0v) is 8.14. The molecule has 0 aliphatic rings. The average molecular weight is 262 g/mol. The molecule has 0 unspecified atom stereocenters. The van der Waals surface area contributed by atoms with E-state index < -0.39 is 23.1 Å². The lowest BCUT2D eigenvalue weighted by Crippen LogP contribution is -2.03. The second kappa shape index (κ2) is 4.21. The number of nitrogens with zero attached hydrogens (tertiary/aromatic N) is 1. The van der Waals surface area contributed by atoms with Gasteiger partial charge >= 0.3 is 0 Å². The second-order valence-corrected chi connectivity index (χ2v) is 3.17. The van der Waals surface area contributed by atoms with Crippen molar-refractivity contribution in [3.05, 3.63) is 33.8 Å². The summed E-state index contributed by atoms with van der Waals surface area (Å²) >= 11 is 2.84. The first kappa shape index (κ1) is 10.7. The van der Waals surface area contributed by atoms with Gasteiger partial charge in [-0.1, -0.05) is 15.9 Å². The summed E-state index contributed by atoms with van der Waals surface area (Å²) in [6.07, 6.45) is 0.915. The molecule has 0 bridgehead atoms. The number of aliphatic imine (C=N–C) groups is 1. The Kier molecular flexibility index (Phi) is 3.22. The van der Waals surface area contributed by atoms with E-state index in [0.717, 1.165) is 18.2 Å². The molecule has 1 aromatic rings. The topological polar surface area (TPSA) is 46.5 Å². The molecule has 1 aromatic carbocycles. The largest absolute Gasteiger partial charge is 0.293 e. The summed E-state index contributed by atoms with van der Waals surface area (Å²) in [5.41, 5.74) is -0.864. The number of hydrogen-bond acceptors (Lipinski definition) is 2. The molecule has 0 heterocycles. The van der Waals surface area contributed by atoms with Gasteiger partial charge < -0.3 is 0 Å². The fourth-order valence-corrected chi connectivity index (χ4v) is 1.25. The van der Waals surface area contributed by atoms with Crippen molar-refractivity contribution in [1.82, 2.24) is 0 Å². The first-order valence-electron chi connectivity index (χ1n) is 3.33. The van der Waals surface area contributed by atoms with Gasteiger partial charge in [0.2, 0.25) is 6.08 Å². The standard InChI is InChI=1S/C8H2BrF2NO2/c9-4-1-5(10)7(6(11)2-4)8(14)12-3-13/h1-2H. The minimum atomic E-state index is -1.29. The zero-order valence-electron chi connectivity index (χ0n) is 6.55. The van der Waals surface area contributed by atoms with Crippen molar-refractivity contribution in [1.29, 1.82) is 0 Å². The van der Waals surface area contributed by atoms with Crippen LogP contribution >= 0.6 is 15.9 Å². The van der Waals surface area contributed by atoms with Gasteiger partial charge in [0.05, 0.1) is 0 Å². The summed E-state index contributed by atoms with van der Waals surface area (Å²) in [6, 6.07) is 1.80. The monoisotopic (exact) mass is 261 g/mol. The molecule has 0 saturated heterocycles. The lowest BCUT2D eigenvalue weighted by atomic mass is 10.2. The van der Waals surface area contributed by atoms with Gasteiger partial charge in [-0.2, -0.15) is 0 Å². The van der Waals surface area contributed by atoms with Crippen LogP contribution in [0.3, 0.4) is 0 Å². The number of benzene rings is 1. The van der Waals surface area contributed by atoms with Crippen LogP contribution in [-0.2, 0) is 4.79 Å². The van der Waals surface area contributed by atoms with Crippen molar-refractivity contribution in [3.8, 4) is 0 Å². The third-order valence-electron chi connectivity index (χ3n) is 1.37. The molecule has 0 aliphatic heterocycles. The molecule has 0 aliphatic carbocycles. The molecule has 0 spiro atoms. The van der Waals surface area contributed by atoms with Crippen molar-refractivity contribution in [2.45, 2.75) is 0 Å². The highest BCUT2D eigenvalue weighted by atomic mass is 79.9. The van der Waals surface area contributed by atoms with Crippen LogP contribution in [0.1, 0.15) is 10.4 Å². The number of hydrogen-bond donors (Lipinski definition) is 0. The van der Waals surface area contributed by atoms with Gasteiger partial charge in [0, 0.05) is 4.47 Å². The molecular weight excluding hydrogens is 260 g/mol. The van der Waals surface area contributed by atoms with Gasteiger partial charge in [0.25, 0.3) is 5.91 Å². The molecule has 1 amide bonds. The Morgan fingerprint density at radius 3 is 2.29 bits per heavy atom. The van der Waals surface area contributed by atoms with Gasteiger partial charge in [-0.15, -0.1) is 4.99 Å². The SMILES string of the molecule is O=C=NC(=O)c1c(F)cc(Br)cc1F. The molecule has 0 N–H and O–H groups in total. The van der Waals surface area contributed by atoms with Crippen LogP contribution in [0.15, 0.2) is 21.6 Å². The van der Waals surface area contributed by atoms with E-state index in [0.29, 0.717) is 0 Å². The smallest absolute Gasteiger partial charge is 0.266 e. The average Bonchev–Trinajstić information content (AvgIpc) is 2.01. The highest BCUT2D eigenvalue weighted by molar-refractivity contribution is 9.10. The number of halogens is 3. The van der Waals surface area contributed by atoms with E-state index in [1.54, 1.807) is 0 Å². The molecule has 6 heteroatoms. The first-order valence-corrected chi connectivity index (χ1v) is 4.12. The minimum absolute atomic E-state index is 0.152. The van der Waals surface area contributed by atoms with E-state index in [4.69, 9.17) is 0 Å². The summed E-state index contributed by atoms with van der Waals surface area (Å²) in [5, 5.41) is 0. The summed E-state index contributed by atoms with van der Waals surface area (Å²) in [7, 11) is 0. The summed E-state index contributed by atoms with van der Waals surface area (Å²) in [5.74, 6) is -3.45. The van der Waals surface area contributed by atoms with Crippen LogP contribution in [0.4, 0.5) is 8.78 Å². The predicted octanol–water partition coefficient (Wildman–Crippen LogP) is 2.20. The van der Waals surface area contributed by atoms with E-state index in [2.05, 4.69) is 20.9 Å². The molecule has 0 fully saturated rings. The van der Waals surface area contributed by atoms with Crippen molar-refractivity contribution < 1.29 is 18.4 Å². The van der Waals surface area contributed by atoms with Gasteiger partial charge in [0.1, 0.15) is 17.2 Å². The first-order chi connectivity index (χ1) is 6.56. The number of rotatable bonds is 1. The Morgan fingerprint density at radius 2 is 1.86 bits per heavy atom. The lowest BCUT2D eigenvalue weighted by Gasteiger charge is -1.99. The van der Waals surface area contributed by atoms with Crippen LogP contribution in [0.2, 0.25) is 0 Å². The van der Waals surface area contributed by atoms with E-state index in [9.17, 15) is 18.4 Å². The van der Waals surface area contributed by atoms with Crippen LogP contribution in [0.5, 0.6) is 0 Å². The quantitative estimate of drug-likeness (QED) is 0.575. The highest BCUT2D eigenvalue weighted by Crippen LogP contribution is 2.19. The van der Waals surface area contributed by atoms with Crippen LogP contribution in [0.25, 0.3) is 0 Å². The van der Waals surface area contributed by atoms with Gasteiger partial charge in [-0.25, -0.2) is 13.6 Å². The molecule has 0 aromatic heterocycles. The second-order valence-electron chi connectivity index (χ2n) is 2.25. The van der Waals surface area contributed by atoms with Gasteiger partial charge in [-0.05, 0) is 12.1 Å². The Balaban J connectivity index is 3.34. The molecule has 72 valence electrons. The zero-order chi connectivity index (χ0) is 10.7. The van der Waals surface area contributed by atoms with Crippen molar-refractivity contribution >= 4 is 27.9 Å². The summed E-state index contributed by atoms with van der Waals surface area (Å²) < 4.78 is 26.2. The van der Waals surface area contributed by atoms with Gasteiger partial charge in [-0.3, -0.25) is 4.79 Å². The predicted molar refractivity (Wildman–Crippen MR) is 46.5 cm³/mol. The molecule has 14 heavy (non-hydrogen) atoms. The third-order valence-corrected chi connectivity index (χ3v) is 1.83. The molecular formula is C8H2BrF2NO2. The maximum absolute atomic E-state index is 13.0. The van der Waals surface area contributed by atoms with E-state index in [-0.39, 0.29) is 4.47 Å². The molecule has 0 saturated carbocycles. The van der Waals surface area contributed by atoms with Crippen molar-refractivity contribution in [3.63, 3.8) is 0 Å². The van der Waals surface area contributed by atoms with Crippen molar-refractivity contribution in [2.75, 3.05) is 0 Å². The number of amides is 1. The Bertz CT molecular complexity index is 418. The fourth-order valence-electron chi connectivity index (χ4n) is 0.844. The fraction of sp³-hybridized carbons (Fsp3) is 0. The summed E-state index contributed by atoms with van der Waals surface area (Å²) in [6.45, 7) is 0. The normalized spacial score (nSPS) is 9.36. The van der Waals surface area contributed by atoms with Crippen molar-refractivity contribution in [2.24, 2.45) is 4.99 Å². The maximum atomic E-state index is 13.0. The van der Waals surface area contributed by atoms with Crippen LogP contribution in [0, 0.1) is 11.6 Å².